The molecule has 0 aromatic carbocycles. The summed E-state index contributed by atoms with van der Waals surface area (Å²) in [7, 11) is -2.79. The third-order valence-electron chi connectivity index (χ3n) is 0.0698. The van der Waals surface area contributed by atoms with Crippen molar-refractivity contribution in [1.29, 1.82) is 0 Å². The van der Waals surface area contributed by atoms with E-state index in [2.05, 4.69) is 4.67 Å². The molecule has 1 unspecified atom stereocenters. The van der Waals surface area contributed by atoms with Crippen LogP contribution < -0.4 is 0 Å². The SMILES string of the molecule is O=[P+](O)OO. The molecule has 0 aliphatic carbocycles. The van der Waals surface area contributed by atoms with Gasteiger partial charge in [-0.15, -0.1) is 4.89 Å². The van der Waals surface area contributed by atoms with Crippen molar-refractivity contribution in [2.24, 2.45) is 0 Å². The summed E-state index contributed by atoms with van der Waals surface area (Å²) in [5.41, 5.74) is 0. The predicted octanol–water partition coefficient (Wildman–Crippen LogP) is 0.126. The van der Waals surface area contributed by atoms with E-state index in [-0.39, 0.29) is 0 Å². The molecule has 0 radical (unpaired) electrons. The molecule has 0 aliphatic rings. The minimum absolute atomic E-state index is 2.79. The molecule has 0 fully saturated rings. The van der Waals surface area contributed by atoms with Crippen LogP contribution in [0.2, 0.25) is 0 Å². The van der Waals surface area contributed by atoms with Gasteiger partial charge in [0.2, 0.25) is 0 Å². The van der Waals surface area contributed by atoms with E-state index in [0.717, 1.165) is 0 Å². The molecule has 0 heterocycles. The molecule has 5 heteroatoms. The minimum Gasteiger partial charge on any atom is -0.202 e. The fourth-order valence-corrected chi connectivity index (χ4v) is 0. The molecule has 0 aromatic rings. The van der Waals surface area contributed by atoms with Gasteiger partial charge in [0.05, 0.1) is 4.67 Å². The average Bonchev–Trinajstić information content (AvgIpc) is 1.38. The van der Waals surface area contributed by atoms with E-state index < -0.39 is 8.25 Å². The average molecular weight is 97.0 g/mol. The molecule has 0 aromatic heterocycles. The highest BCUT2D eigenvalue weighted by atomic mass is 31.1. The van der Waals surface area contributed by atoms with Gasteiger partial charge in [0.1, 0.15) is 0 Å². The Balaban J connectivity index is 2.85. The smallest absolute Gasteiger partial charge is 0.202 e. The van der Waals surface area contributed by atoms with E-state index >= 15 is 0 Å². The lowest BCUT2D eigenvalue weighted by Gasteiger charge is -1.53. The molecule has 1 atom stereocenters. The maximum atomic E-state index is 9.04. The van der Waals surface area contributed by atoms with Gasteiger partial charge in [0.25, 0.3) is 0 Å². The van der Waals surface area contributed by atoms with Crippen LogP contribution in [0.5, 0.6) is 0 Å². The lowest BCUT2D eigenvalue weighted by atomic mass is 15.0. The normalized spacial score (nSPS) is 11.2. The van der Waals surface area contributed by atoms with Crippen molar-refractivity contribution in [3.63, 3.8) is 0 Å². The first kappa shape index (κ1) is 4.98. The molecule has 0 rings (SSSR count). The fourth-order valence-electron chi connectivity index (χ4n) is 0. The highest BCUT2D eigenvalue weighted by Gasteiger charge is 2.06. The van der Waals surface area contributed by atoms with Crippen molar-refractivity contribution in [2.45, 2.75) is 0 Å². The molecule has 0 amide bonds. The van der Waals surface area contributed by atoms with Crippen LogP contribution in [0.15, 0.2) is 0 Å². The summed E-state index contributed by atoms with van der Waals surface area (Å²) in [4.78, 5) is 7.40. The molecule has 30 valence electrons. The van der Waals surface area contributed by atoms with Crippen molar-refractivity contribution < 1.29 is 19.4 Å². The highest BCUT2D eigenvalue weighted by molar-refractivity contribution is 7.31. The van der Waals surface area contributed by atoms with Gasteiger partial charge in [-0.25, -0.2) is 5.26 Å². The lowest BCUT2D eigenvalue weighted by Crippen LogP contribution is -1.59. The summed E-state index contributed by atoms with van der Waals surface area (Å²) in [6.07, 6.45) is 0. The molecule has 0 saturated heterocycles. The quantitative estimate of drug-likeness (QED) is 0.277. The van der Waals surface area contributed by atoms with E-state index in [1.54, 1.807) is 0 Å². The van der Waals surface area contributed by atoms with Gasteiger partial charge in [-0.05, 0) is 0 Å². The van der Waals surface area contributed by atoms with Gasteiger partial charge < -0.3 is 0 Å². The molecular formula is H2O4P+. The van der Waals surface area contributed by atoms with Gasteiger partial charge in [-0.1, -0.05) is 0 Å². The topological polar surface area (TPSA) is 66.8 Å². The third kappa shape index (κ3) is 3.98. The Morgan fingerprint density at radius 2 is 2.00 bits per heavy atom. The predicted molar refractivity (Wildman–Crippen MR) is 13.5 cm³/mol. The Labute approximate surface area is 28.9 Å². The zero-order valence-electron chi connectivity index (χ0n) is 2.16. The van der Waals surface area contributed by atoms with Gasteiger partial charge in [-0.3, -0.25) is 0 Å². The summed E-state index contributed by atoms with van der Waals surface area (Å²) in [6.45, 7) is 0. The summed E-state index contributed by atoms with van der Waals surface area (Å²) in [5, 5.41) is 7.11. The van der Waals surface area contributed by atoms with E-state index in [1.807, 2.05) is 0 Å². The molecule has 0 bridgehead atoms. The zero-order chi connectivity index (χ0) is 4.28. The van der Waals surface area contributed by atoms with Gasteiger partial charge in [0, 0.05) is 4.57 Å². The molecule has 0 saturated carbocycles. The Morgan fingerprint density at radius 1 is 1.80 bits per heavy atom. The maximum absolute atomic E-state index is 9.04. The third-order valence-corrected chi connectivity index (χ3v) is 0.210. The summed E-state index contributed by atoms with van der Waals surface area (Å²) in [6, 6.07) is 0. The Morgan fingerprint density at radius 3 is 2.00 bits per heavy atom. The Bertz CT molecular complexity index is 38.9. The maximum Gasteiger partial charge on any atom is 0.725 e. The van der Waals surface area contributed by atoms with Crippen LogP contribution in [0.3, 0.4) is 0 Å². The molecule has 2 N–H and O–H groups in total. The largest absolute Gasteiger partial charge is 0.725 e. The lowest BCUT2D eigenvalue weighted by molar-refractivity contribution is -0.138. The van der Waals surface area contributed by atoms with E-state index in [9.17, 15) is 0 Å². The van der Waals surface area contributed by atoms with Crippen LogP contribution in [0.1, 0.15) is 0 Å². The van der Waals surface area contributed by atoms with Crippen LogP contribution in [0, 0.1) is 0 Å². The monoisotopic (exact) mass is 97.0 g/mol. The first-order valence-corrected chi connectivity index (χ1v) is 1.88. The fraction of sp³-hybridized carbons (Fsp3) is 0. The van der Waals surface area contributed by atoms with Crippen molar-refractivity contribution >= 4 is 8.25 Å². The molecule has 4 nitrogen and oxygen atoms in total. The summed E-state index contributed by atoms with van der Waals surface area (Å²) < 4.78 is 11.9. The van der Waals surface area contributed by atoms with E-state index in [0.29, 0.717) is 0 Å². The standard InChI is InChI=1S/HO4P/c1-4-5(2)3/h(H-,1,2,3)/p+1. The van der Waals surface area contributed by atoms with Crippen molar-refractivity contribution in [1.82, 2.24) is 0 Å². The Kier molecular flexibility index (Phi) is 2.22. The minimum atomic E-state index is -2.79. The summed E-state index contributed by atoms with van der Waals surface area (Å²) in [5.74, 6) is 0. The van der Waals surface area contributed by atoms with E-state index in [1.165, 1.54) is 0 Å². The summed E-state index contributed by atoms with van der Waals surface area (Å²) >= 11 is 0. The van der Waals surface area contributed by atoms with Crippen molar-refractivity contribution in [3.8, 4) is 0 Å². The van der Waals surface area contributed by atoms with Crippen molar-refractivity contribution in [2.75, 3.05) is 0 Å². The number of hydrogen-bond acceptors (Lipinski definition) is 3. The van der Waals surface area contributed by atoms with Crippen LogP contribution >= 0.6 is 8.25 Å². The first-order chi connectivity index (χ1) is 2.27. The first-order valence-electron chi connectivity index (χ1n) is 0.748. The number of hydrogen-bond donors (Lipinski definition) is 2. The number of rotatable bonds is 1. The van der Waals surface area contributed by atoms with Crippen LogP contribution in [0.25, 0.3) is 0 Å². The van der Waals surface area contributed by atoms with Crippen LogP contribution in [0.4, 0.5) is 0 Å². The van der Waals surface area contributed by atoms with Gasteiger partial charge in [-0.2, -0.15) is 0 Å². The molecular weight excluding hydrogens is 95.0 g/mol. The molecule has 5 heavy (non-hydrogen) atoms. The molecule has 0 spiro atoms. The Hall–Kier alpha value is -0.0200. The van der Waals surface area contributed by atoms with Gasteiger partial charge >= 0.3 is 8.25 Å². The van der Waals surface area contributed by atoms with Crippen molar-refractivity contribution in [3.05, 3.63) is 0 Å². The van der Waals surface area contributed by atoms with Crippen LogP contribution in [-0.4, -0.2) is 10.2 Å². The second-order valence-electron chi connectivity index (χ2n) is 0.319. The van der Waals surface area contributed by atoms with Gasteiger partial charge in [0.15, 0.2) is 0 Å². The highest BCUT2D eigenvalue weighted by Crippen LogP contribution is 2.09. The van der Waals surface area contributed by atoms with Crippen LogP contribution in [-0.2, 0) is 9.24 Å². The zero-order valence-corrected chi connectivity index (χ0v) is 3.05. The molecule has 0 aliphatic heterocycles. The second kappa shape index (κ2) is 2.23. The second-order valence-corrected chi connectivity index (χ2v) is 0.958. The van der Waals surface area contributed by atoms with E-state index in [4.69, 9.17) is 14.7 Å².